The summed E-state index contributed by atoms with van der Waals surface area (Å²) in [7, 11) is 1.39. The standard InChI is InChI=1S/C14H17N3O2/c1-19-14(18)11-4-5-13-15-8-12(17(13)9-11)10-16-6-2-3-7-16/h4-5,8-9H,2-3,6-7,10H2,1H3. The van der Waals surface area contributed by atoms with Crippen molar-refractivity contribution in [1.29, 1.82) is 0 Å². The van der Waals surface area contributed by atoms with Crippen LogP contribution in [-0.2, 0) is 11.3 Å². The molecule has 0 unspecified atom stereocenters. The van der Waals surface area contributed by atoms with Gasteiger partial charge in [0.1, 0.15) is 5.65 Å². The molecule has 1 saturated heterocycles. The van der Waals surface area contributed by atoms with E-state index in [9.17, 15) is 4.79 Å². The summed E-state index contributed by atoms with van der Waals surface area (Å²) in [5.74, 6) is -0.317. The van der Waals surface area contributed by atoms with Crippen molar-refractivity contribution in [2.75, 3.05) is 20.2 Å². The van der Waals surface area contributed by atoms with Crippen molar-refractivity contribution in [3.05, 3.63) is 35.8 Å². The van der Waals surface area contributed by atoms with E-state index in [4.69, 9.17) is 4.74 Å². The molecule has 1 aliphatic rings. The van der Waals surface area contributed by atoms with Gasteiger partial charge in [-0.2, -0.15) is 0 Å². The highest BCUT2D eigenvalue weighted by atomic mass is 16.5. The number of methoxy groups -OCH3 is 1. The summed E-state index contributed by atoms with van der Waals surface area (Å²) in [6, 6.07) is 3.59. The van der Waals surface area contributed by atoms with Crippen molar-refractivity contribution in [2.24, 2.45) is 0 Å². The summed E-state index contributed by atoms with van der Waals surface area (Å²) < 4.78 is 6.73. The third-order valence-electron chi connectivity index (χ3n) is 3.59. The molecule has 0 atom stereocenters. The molecule has 0 aromatic carbocycles. The van der Waals surface area contributed by atoms with Crippen molar-refractivity contribution in [1.82, 2.24) is 14.3 Å². The third kappa shape index (κ3) is 2.33. The summed E-state index contributed by atoms with van der Waals surface area (Å²) in [5.41, 5.74) is 2.53. The smallest absolute Gasteiger partial charge is 0.339 e. The average Bonchev–Trinajstić information content (AvgIpc) is 3.08. The Morgan fingerprint density at radius 1 is 1.37 bits per heavy atom. The van der Waals surface area contributed by atoms with Gasteiger partial charge in [-0.1, -0.05) is 0 Å². The van der Waals surface area contributed by atoms with Crippen LogP contribution in [0.4, 0.5) is 0 Å². The van der Waals surface area contributed by atoms with Gasteiger partial charge >= 0.3 is 5.97 Å². The molecule has 0 saturated carbocycles. The van der Waals surface area contributed by atoms with Crippen molar-refractivity contribution < 1.29 is 9.53 Å². The Morgan fingerprint density at radius 3 is 2.89 bits per heavy atom. The number of rotatable bonds is 3. The number of fused-ring (bicyclic) bond motifs is 1. The number of pyridine rings is 1. The lowest BCUT2D eigenvalue weighted by molar-refractivity contribution is 0.0600. The maximum absolute atomic E-state index is 11.6. The lowest BCUT2D eigenvalue weighted by Crippen LogP contribution is -2.19. The first-order valence-corrected chi connectivity index (χ1v) is 6.54. The van der Waals surface area contributed by atoms with Gasteiger partial charge in [0.15, 0.2) is 0 Å². The number of hydrogen-bond acceptors (Lipinski definition) is 4. The molecular weight excluding hydrogens is 242 g/mol. The minimum atomic E-state index is -0.317. The highest BCUT2D eigenvalue weighted by Crippen LogP contribution is 2.15. The van der Waals surface area contributed by atoms with Gasteiger partial charge in [-0.05, 0) is 38.1 Å². The fraction of sp³-hybridized carbons (Fsp3) is 0.429. The fourth-order valence-electron chi connectivity index (χ4n) is 2.56. The van der Waals surface area contributed by atoms with E-state index in [1.54, 1.807) is 12.3 Å². The zero-order valence-corrected chi connectivity index (χ0v) is 11.0. The second kappa shape index (κ2) is 5.01. The second-order valence-electron chi connectivity index (χ2n) is 4.87. The van der Waals surface area contributed by atoms with Crippen LogP contribution in [0.2, 0.25) is 0 Å². The molecule has 0 amide bonds. The zero-order chi connectivity index (χ0) is 13.2. The van der Waals surface area contributed by atoms with E-state index in [0.717, 1.165) is 31.0 Å². The number of nitrogens with zero attached hydrogens (tertiary/aromatic N) is 3. The Hall–Kier alpha value is -1.88. The largest absolute Gasteiger partial charge is 0.465 e. The minimum absolute atomic E-state index is 0.317. The van der Waals surface area contributed by atoms with Crippen molar-refractivity contribution in [3.63, 3.8) is 0 Å². The van der Waals surface area contributed by atoms with E-state index in [-0.39, 0.29) is 5.97 Å². The Labute approximate surface area is 111 Å². The predicted molar refractivity (Wildman–Crippen MR) is 71.0 cm³/mol. The van der Waals surface area contributed by atoms with Gasteiger partial charge in [0.25, 0.3) is 0 Å². The van der Waals surface area contributed by atoms with Crippen LogP contribution in [0.25, 0.3) is 5.65 Å². The Balaban J connectivity index is 1.93. The van der Waals surface area contributed by atoms with Crippen molar-refractivity contribution in [3.8, 4) is 0 Å². The molecule has 0 bridgehead atoms. The molecule has 1 aliphatic heterocycles. The SMILES string of the molecule is COC(=O)c1ccc2ncc(CN3CCCC3)n2c1. The van der Waals surface area contributed by atoms with E-state index in [1.165, 1.54) is 20.0 Å². The van der Waals surface area contributed by atoms with Crippen LogP contribution < -0.4 is 0 Å². The van der Waals surface area contributed by atoms with Crippen LogP contribution in [0.3, 0.4) is 0 Å². The molecule has 0 radical (unpaired) electrons. The zero-order valence-electron chi connectivity index (χ0n) is 11.0. The molecule has 0 spiro atoms. The maximum atomic E-state index is 11.6. The Bertz CT molecular complexity index is 600. The van der Waals surface area contributed by atoms with E-state index in [1.807, 2.05) is 16.7 Å². The highest BCUT2D eigenvalue weighted by Gasteiger charge is 2.15. The van der Waals surface area contributed by atoms with Gasteiger partial charge in [0.05, 0.1) is 24.6 Å². The summed E-state index contributed by atoms with van der Waals surface area (Å²) >= 11 is 0. The summed E-state index contributed by atoms with van der Waals surface area (Å²) in [6.07, 6.45) is 6.22. The molecule has 0 N–H and O–H groups in total. The number of hydrogen-bond donors (Lipinski definition) is 0. The van der Waals surface area contributed by atoms with E-state index in [0.29, 0.717) is 5.56 Å². The lowest BCUT2D eigenvalue weighted by atomic mass is 10.3. The van der Waals surface area contributed by atoms with E-state index in [2.05, 4.69) is 9.88 Å². The van der Waals surface area contributed by atoms with Gasteiger partial charge in [-0.3, -0.25) is 4.90 Å². The molecular formula is C14H17N3O2. The second-order valence-corrected chi connectivity index (χ2v) is 4.87. The molecule has 5 nitrogen and oxygen atoms in total. The predicted octanol–water partition coefficient (Wildman–Crippen LogP) is 1.72. The molecule has 2 aromatic rings. The van der Waals surface area contributed by atoms with E-state index >= 15 is 0 Å². The number of carbonyl (C=O) groups is 1. The number of esters is 1. The molecule has 5 heteroatoms. The van der Waals surface area contributed by atoms with Crippen LogP contribution in [-0.4, -0.2) is 40.5 Å². The molecule has 0 aliphatic carbocycles. The summed E-state index contributed by atoms with van der Waals surface area (Å²) in [6.45, 7) is 3.17. The van der Waals surface area contributed by atoms with Gasteiger partial charge in [-0.15, -0.1) is 0 Å². The van der Waals surface area contributed by atoms with Gasteiger partial charge in [0, 0.05) is 12.7 Å². The molecule has 19 heavy (non-hydrogen) atoms. The number of aromatic nitrogens is 2. The average molecular weight is 259 g/mol. The summed E-state index contributed by atoms with van der Waals surface area (Å²) in [4.78, 5) is 18.4. The number of ether oxygens (including phenoxy) is 1. The topological polar surface area (TPSA) is 46.8 Å². The highest BCUT2D eigenvalue weighted by molar-refractivity contribution is 5.89. The number of likely N-dealkylation sites (tertiary alicyclic amines) is 1. The molecule has 3 heterocycles. The quantitative estimate of drug-likeness (QED) is 0.787. The van der Waals surface area contributed by atoms with Crippen LogP contribution in [0.1, 0.15) is 28.9 Å². The van der Waals surface area contributed by atoms with Gasteiger partial charge in [-0.25, -0.2) is 9.78 Å². The van der Waals surface area contributed by atoms with Crippen LogP contribution in [0, 0.1) is 0 Å². The van der Waals surface area contributed by atoms with Gasteiger partial charge in [0.2, 0.25) is 0 Å². The molecule has 1 fully saturated rings. The first-order chi connectivity index (χ1) is 9.28. The van der Waals surface area contributed by atoms with Crippen LogP contribution in [0.15, 0.2) is 24.5 Å². The first-order valence-electron chi connectivity index (χ1n) is 6.54. The first kappa shape index (κ1) is 12.2. The maximum Gasteiger partial charge on any atom is 0.339 e. The van der Waals surface area contributed by atoms with Crippen molar-refractivity contribution >= 4 is 11.6 Å². The van der Waals surface area contributed by atoms with Crippen LogP contribution in [0.5, 0.6) is 0 Å². The Kier molecular flexibility index (Phi) is 3.21. The monoisotopic (exact) mass is 259 g/mol. The lowest BCUT2D eigenvalue weighted by Gasteiger charge is -2.14. The minimum Gasteiger partial charge on any atom is -0.465 e. The molecule has 100 valence electrons. The number of carbonyl (C=O) groups excluding carboxylic acids is 1. The van der Waals surface area contributed by atoms with E-state index < -0.39 is 0 Å². The Morgan fingerprint density at radius 2 is 2.16 bits per heavy atom. The molecule has 3 rings (SSSR count). The van der Waals surface area contributed by atoms with Gasteiger partial charge < -0.3 is 9.14 Å². The normalized spacial score (nSPS) is 16.1. The number of imidazole rings is 1. The van der Waals surface area contributed by atoms with Crippen molar-refractivity contribution in [2.45, 2.75) is 19.4 Å². The third-order valence-corrected chi connectivity index (χ3v) is 3.59. The molecule has 2 aromatic heterocycles. The summed E-state index contributed by atoms with van der Waals surface area (Å²) in [5, 5.41) is 0. The fourth-order valence-corrected chi connectivity index (χ4v) is 2.56. The van der Waals surface area contributed by atoms with Crippen LogP contribution >= 0.6 is 0 Å².